The van der Waals surface area contributed by atoms with E-state index in [1.165, 1.54) is 12.1 Å². The second-order valence-electron chi connectivity index (χ2n) is 3.19. The first kappa shape index (κ1) is 8.23. The highest BCUT2D eigenvalue weighted by Gasteiger charge is 2.25. The molecule has 2 rings (SSSR count). The van der Waals surface area contributed by atoms with Crippen molar-refractivity contribution in [2.24, 2.45) is 0 Å². The molecule has 2 nitrogen and oxygen atoms in total. The molecule has 0 spiro atoms. The molecule has 1 aliphatic rings. The molecule has 1 amide bonds. The molecule has 13 heavy (non-hydrogen) atoms. The first-order valence-corrected chi connectivity index (χ1v) is 4.30. The summed E-state index contributed by atoms with van der Waals surface area (Å²) >= 11 is 0. The molecule has 1 saturated heterocycles. The molecule has 0 bridgehead atoms. The molecule has 1 unspecified atom stereocenters. The van der Waals surface area contributed by atoms with Crippen LogP contribution in [-0.2, 0) is 4.79 Å². The van der Waals surface area contributed by atoms with E-state index in [1.54, 1.807) is 12.1 Å². The van der Waals surface area contributed by atoms with Gasteiger partial charge >= 0.3 is 0 Å². The Kier molecular flexibility index (Phi) is 2.00. The summed E-state index contributed by atoms with van der Waals surface area (Å²) in [5.41, 5.74) is 0.773. The van der Waals surface area contributed by atoms with Crippen LogP contribution in [0, 0.1) is 5.82 Å². The molecule has 1 atom stereocenters. The summed E-state index contributed by atoms with van der Waals surface area (Å²) < 4.78 is 12.8. The summed E-state index contributed by atoms with van der Waals surface area (Å²) in [4.78, 5) is 11.3. The SMILES string of the molecule is O=C1NCCC1c1cccc(F)c1. The Balaban J connectivity index is 2.29. The first-order valence-electron chi connectivity index (χ1n) is 4.30. The van der Waals surface area contributed by atoms with Crippen molar-refractivity contribution in [2.45, 2.75) is 12.3 Å². The number of amides is 1. The fourth-order valence-corrected chi connectivity index (χ4v) is 1.64. The van der Waals surface area contributed by atoms with Gasteiger partial charge in [-0.15, -0.1) is 0 Å². The highest BCUT2D eigenvalue weighted by atomic mass is 19.1. The zero-order valence-corrected chi connectivity index (χ0v) is 7.09. The maximum atomic E-state index is 12.8. The summed E-state index contributed by atoms with van der Waals surface area (Å²) in [5.74, 6) is -0.432. The van der Waals surface area contributed by atoms with Gasteiger partial charge in [-0.25, -0.2) is 4.39 Å². The van der Waals surface area contributed by atoms with E-state index in [0.717, 1.165) is 12.0 Å². The van der Waals surface area contributed by atoms with E-state index in [1.807, 2.05) is 0 Å². The quantitative estimate of drug-likeness (QED) is 0.694. The van der Waals surface area contributed by atoms with Crippen molar-refractivity contribution in [1.29, 1.82) is 0 Å². The van der Waals surface area contributed by atoms with Crippen molar-refractivity contribution < 1.29 is 9.18 Å². The fourth-order valence-electron chi connectivity index (χ4n) is 1.64. The van der Waals surface area contributed by atoms with Gasteiger partial charge in [0.25, 0.3) is 0 Å². The molecule has 0 radical (unpaired) electrons. The Bertz CT molecular complexity index is 337. The van der Waals surface area contributed by atoms with E-state index in [4.69, 9.17) is 0 Å². The molecule has 0 saturated carbocycles. The van der Waals surface area contributed by atoms with Crippen LogP contribution in [0.2, 0.25) is 0 Å². The standard InChI is InChI=1S/C10H10FNO/c11-8-3-1-2-7(6-8)9-4-5-12-10(9)13/h1-3,6,9H,4-5H2,(H,12,13). The fraction of sp³-hybridized carbons (Fsp3) is 0.300. The average molecular weight is 179 g/mol. The number of nitrogens with one attached hydrogen (secondary N) is 1. The summed E-state index contributed by atoms with van der Waals surface area (Å²) in [7, 11) is 0. The van der Waals surface area contributed by atoms with Crippen LogP contribution in [0.3, 0.4) is 0 Å². The second kappa shape index (κ2) is 3.17. The molecule has 1 heterocycles. The monoisotopic (exact) mass is 179 g/mol. The van der Waals surface area contributed by atoms with Crippen LogP contribution in [-0.4, -0.2) is 12.5 Å². The van der Waals surface area contributed by atoms with Crippen LogP contribution >= 0.6 is 0 Å². The van der Waals surface area contributed by atoms with Crippen molar-refractivity contribution in [3.63, 3.8) is 0 Å². The van der Waals surface area contributed by atoms with Crippen LogP contribution < -0.4 is 5.32 Å². The Morgan fingerprint density at radius 2 is 2.31 bits per heavy atom. The van der Waals surface area contributed by atoms with Crippen molar-refractivity contribution in [1.82, 2.24) is 5.32 Å². The van der Waals surface area contributed by atoms with Gasteiger partial charge in [0.15, 0.2) is 0 Å². The molecule has 1 fully saturated rings. The topological polar surface area (TPSA) is 29.1 Å². The minimum atomic E-state index is -0.280. The summed E-state index contributed by atoms with van der Waals surface area (Å²) in [6, 6.07) is 6.24. The van der Waals surface area contributed by atoms with Crippen LogP contribution in [0.1, 0.15) is 17.9 Å². The molecular weight excluding hydrogens is 169 g/mol. The molecule has 1 N–H and O–H groups in total. The predicted octanol–water partition coefficient (Wildman–Crippen LogP) is 1.43. The van der Waals surface area contributed by atoms with Crippen molar-refractivity contribution in [3.8, 4) is 0 Å². The highest BCUT2D eigenvalue weighted by Crippen LogP contribution is 2.23. The Labute approximate surface area is 75.8 Å². The summed E-state index contributed by atoms with van der Waals surface area (Å²) in [5, 5.41) is 2.73. The zero-order chi connectivity index (χ0) is 9.26. The summed E-state index contributed by atoms with van der Waals surface area (Å²) in [6.07, 6.45) is 0.766. The third-order valence-corrected chi connectivity index (χ3v) is 2.30. The van der Waals surface area contributed by atoms with Gasteiger partial charge in [0.1, 0.15) is 5.82 Å². The third kappa shape index (κ3) is 1.54. The second-order valence-corrected chi connectivity index (χ2v) is 3.19. The van der Waals surface area contributed by atoms with Crippen LogP contribution in [0.15, 0.2) is 24.3 Å². The van der Waals surface area contributed by atoms with Gasteiger partial charge < -0.3 is 5.32 Å². The maximum absolute atomic E-state index is 12.8. The number of benzene rings is 1. The molecule has 1 aliphatic heterocycles. The minimum absolute atomic E-state index is 0.00519. The van der Waals surface area contributed by atoms with Crippen LogP contribution in [0.5, 0.6) is 0 Å². The number of carbonyl (C=O) groups excluding carboxylic acids is 1. The molecule has 68 valence electrons. The van der Waals surface area contributed by atoms with E-state index in [9.17, 15) is 9.18 Å². The molecule has 0 aliphatic carbocycles. The van der Waals surface area contributed by atoms with Crippen LogP contribution in [0.25, 0.3) is 0 Å². The lowest BCUT2D eigenvalue weighted by atomic mass is 9.98. The third-order valence-electron chi connectivity index (χ3n) is 2.30. The smallest absolute Gasteiger partial charge is 0.227 e. The van der Waals surface area contributed by atoms with Gasteiger partial charge in [0, 0.05) is 6.54 Å². The van der Waals surface area contributed by atoms with E-state index >= 15 is 0 Å². The molecule has 1 aromatic carbocycles. The number of hydrogen-bond donors (Lipinski definition) is 1. The van der Waals surface area contributed by atoms with E-state index in [0.29, 0.717) is 6.54 Å². The van der Waals surface area contributed by atoms with Gasteiger partial charge in [-0.1, -0.05) is 12.1 Å². The number of halogens is 1. The maximum Gasteiger partial charge on any atom is 0.227 e. The Morgan fingerprint density at radius 1 is 1.46 bits per heavy atom. The number of hydrogen-bond acceptors (Lipinski definition) is 1. The predicted molar refractivity (Wildman–Crippen MR) is 46.8 cm³/mol. The molecule has 0 aromatic heterocycles. The van der Waals surface area contributed by atoms with Gasteiger partial charge in [0.05, 0.1) is 5.92 Å². The van der Waals surface area contributed by atoms with Gasteiger partial charge in [-0.05, 0) is 24.1 Å². The van der Waals surface area contributed by atoms with E-state index < -0.39 is 0 Å². The largest absolute Gasteiger partial charge is 0.356 e. The first-order chi connectivity index (χ1) is 6.27. The lowest BCUT2D eigenvalue weighted by molar-refractivity contribution is -0.120. The van der Waals surface area contributed by atoms with Crippen molar-refractivity contribution >= 4 is 5.91 Å². The van der Waals surface area contributed by atoms with E-state index in [-0.39, 0.29) is 17.6 Å². The minimum Gasteiger partial charge on any atom is -0.356 e. The Hall–Kier alpha value is -1.38. The summed E-state index contributed by atoms with van der Waals surface area (Å²) in [6.45, 7) is 0.694. The van der Waals surface area contributed by atoms with Crippen LogP contribution in [0.4, 0.5) is 4.39 Å². The molecular formula is C10H10FNO. The average Bonchev–Trinajstić information content (AvgIpc) is 2.51. The lowest BCUT2D eigenvalue weighted by Gasteiger charge is -2.05. The molecule has 1 aromatic rings. The van der Waals surface area contributed by atoms with Crippen molar-refractivity contribution in [2.75, 3.05) is 6.54 Å². The Morgan fingerprint density at radius 3 is 2.92 bits per heavy atom. The van der Waals surface area contributed by atoms with Gasteiger partial charge in [-0.2, -0.15) is 0 Å². The highest BCUT2D eigenvalue weighted by molar-refractivity contribution is 5.85. The van der Waals surface area contributed by atoms with Crippen molar-refractivity contribution in [3.05, 3.63) is 35.6 Å². The normalized spacial score (nSPS) is 21.6. The van der Waals surface area contributed by atoms with Gasteiger partial charge in [0.2, 0.25) is 5.91 Å². The lowest BCUT2D eigenvalue weighted by Crippen LogP contribution is -2.17. The van der Waals surface area contributed by atoms with E-state index in [2.05, 4.69) is 5.32 Å². The number of rotatable bonds is 1. The number of carbonyl (C=O) groups is 1. The zero-order valence-electron chi connectivity index (χ0n) is 7.09. The van der Waals surface area contributed by atoms with Gasteiger partial charge in [-0.3, -0.25) is 4.79 Å². The molecule has 3 heteroatoms.